The summed E-state index contributed by atoms with van der Waals surface area (Å²) in [6.45, 7) is 4.05. The predicted octanol–water partition coefficient (Wildman–Crippen LogP) is 3.71. The first kappa shape index (κ1) is 15.0. The summed E-state index contributed by atoms with van der Waals surface area (Å²) < 4.78 is 26.4. The lowest BCUT2D eigenvalue weighted by Gasteiger charge is -2.10. The molecule has 1 rings (SSSR count). The van der Waals surface area contributed by atoms with E-state index < -0.39 is 10.0 Å². The van der Waals surface area contributed by atoms with E-state index in [2.05, 4.69) is 11.6 Å². The Morgan fingerprint density at radius 2 is 1.72 bits per heavy atom. The molecule has 0 bridgehead atoms. The Morgan fingerprint density at radius 1 is 1.06 bits per heavy atom. The number of sulfonamides is 1. The van der Waals surface area contributed by atoms with Gasteiger partial charge in [0.15, 0.2) is 0 Å². The van der Waals surface area contributed by atoms with Crippen LogP contribution in [0.25, 0.3) is 0 Å². The molecule has 102 valence electrons. The molecule has 1 N–H and O–H groups in total. The quantitative estimate of drug-likeness (QED) is 0.731. The normalized spacial score (nSPS) is 11.4. The SMILES string of the molecule is CCCCCCCS(=O)(=O)Nc1ccccc1C. The summed E-state index contributed by atoms with van der Waals surface area (Å²) in [4.78, 5) is 0. The number of rotatable bonds is 8. The van der Waals surface area contributed by atoms with Crippen LogP contribution >= 0.6 is 0 Å². The molecule has 0 spiro atoms. The number of unbranched alkanes of at least 4 members (excludes halogenated alkanes) is 4. The van der Waals surface area contributed by atoms with Gasteiger partial charge in [-0.2, -0.15) is 0 Å². The molecule has 0 aliphatic rings. The Balaban J connectivity index is 2.43. The molecule has 0 heterocycles. The van der Waals surface area contributed by atoms with Crippen LogP contribution in [0.4, 0.5) is 5.69 Å². The molecule has 0 fully saturated rings. The van der Waals surface area contributed by atoms with Crippen LogP contribution in [0.15, 0.2) is 24.3 Å². The summed E-state index contributed by atoms with van der Waals surface area (Å²) in [7, 11) is -3.19. The van der Waals surface area contributed by atoms with Gasteiger partial charge in [0, 0.05) is 0 Å². The number of para-hydroxylation sites is 1. The second kappa shape index (κ2) is 7.41. The number of hydrogen-bond donors (Lipinski definition) is 1. The fourth-order valence-electron chi connectivity index (χ4n) is 1.80. The van der Waals surface area contributed by atoms with Gasteiger partial charge in [-0.25, -0.2) is 8.42 Å². The fraction of sp³-hybridized carbons (Fsp3) is 0.571. The average Bonchev–Trinajstić information content (AvgIpc) is 2.31. The Bertz CT molecular complexity index is 455. The van der Waals surface area contributed by atoms with Crippen molar-refractivity contribution in [2.45, 2.75) is 46.0 Å². The molecule has 0 aliphatic heterocycles. The highest BCUT2D eigenvalue weighted by atomic mass is 32.2. The van der Waals surface area contributed by atoms with Crippen molar-refractivity contribution in [3.63, 3.8) is 0 Å². The van der Waals surface area contributed by atoms with Gasteiger partial charge in [-0.3, -0.25) is 4.72 Å². The summed E-state index contributed by atoms with van der Waals surface area (Å²) >= 11 is 0. The van der Waals surface area contributed by atoms with Crippen LogP contribution in [0.2, 0.25) is 0 Å². The number of hydrogen-bond acceptors (Lipinski definition) is 2. The Hall–Kier alpha value is -1.03. The van der Waals surface area contributed by atoms with E-state index in [1.54, 1.807) is 6.07 Å². The molecular weight excluding hydrogens is 246 g/mol. The molecule has 0 atom stereocenters. The maximum Gasteiger partial charge on any atom is 0.232 e. The highest BCUT2D eigenvalue weighted by Gasteiger charge is 2.10. The number of nitrogens with one attached hydrogen (secondary N) is 1. The highest BCUT2D eigenvalue weighted by molar-refractivity contribution is 7.92. The van der Waals surface area contributed by atoms with Gasteiger partial charge in [-0.15, -0.1) is 0 Å². The van der Waals surface area contributed by atoms with Crippen molar-refractivity contribution < 1.29 is 8.42 Å². The lowest BCUT2D eigenvalue weighted by Crippen LogP contribution is -2.17. The van der Waals surface area contributed by atoms with Crippen LogP contribution in [0.1, 0.15) is 44.6 Å². The lowest BCUT2D eigenvalue weighted by atomic mass is 10.2. The van der Waals surface area contributed by atoms with E-state index in [0.717, 1.165) is 24.8 Å². The Morgan fingerprint density at radius 3 is 2.39 bits per heavy atom. The van der Waals surface area contributed by atoms with Crippen LogP contribution in [-0.2, 0) is 10.0 Å². The Kier molecular flexibility index (Phi) is 6.19. The third-order valence-electron chi connectivity index (χ3n) is 2.93. The summed E-state index contributed by atoms with van der Waals surface area (Å²) in [5.74, 6) is 0.213. The van der Waals surface area contributed by atoms with Crippen molar-refractivity contribution in [1.82, 2.24) is 0 Å². The molecule has 0 amide bonds. The summed E-state index contributed by atoms with van der Waals surface area (Å²) in [6.07, 6.45) is 5.21. The zero-order chi connectivity index (χ0) is 13.4. The molecule has 0 saturated heterocycles. The zero-order valence-electron chi connectivity index (χ0n) is 11.3. The average molecular weight is 269 g/mol. The molecular formula is C14H23NO2S. The minimum Gasteiger partial charge on any atom is -0.283 e. The summed E-state index contributed by atoms with van der Waals surface area (Å²) in [5, 5.41) is 0. The molecule has 0 radical (unpaired) electrons. The van der Waals surface area contributed by atoms with Gasteiger partial charge in [-0.1, -0.05) is 50.8 Å². The molecule has 18 heavy (non-hydrogen) atoms. The number of benzene rings is 1. The molecule has 0 aliphatic carbocycles. The number of anilines is 1. The zero-order valence-corrected chi connectivity index (χ0v) is 12.1. The van der Waals surface area contributed by atoms with Crippen LogP contribution in [-0.4, -0.2) is 14.2 Å². The topological polar surface area (TPSA) is 46.2 Å². The van der Waals surface area contributed by atoms with Gasteiger partial charge in [-0.05, 0) is 25.0 Å². The van der Waals surface area contributed by atoms with Crippen molar-refractivity contribution in [1.29, 1.82) is 0 Å². The summed E-state index contributed by atoms with van der Waals surface area (Å²) in [6, 6.07) is 7.44. The number of aryl methyl sites for hydroxylation is 1. The highest BCUT2D eigenvalue weighted by Crippen LogP contribution is 2.15. The second-order valence-electron chi connectivity index (χ2n) is 4.65. The second-order valence-corrected chi connectivity index (χ2v) is 6.49. The van der Waals surface area contributed by atoms with E-state index >= 15 is 0 Å². The molecule has 0 aromatic heterocycles. The fourth-order valence-corrected chi connectivity index (χ4v) is 3.05. The van der Waals surface area contributed by atoms with Gasteiger partial charge >= 0.3 is 0 Å². The van der Waals surface area contributed by atoms with Crippen molar-refractivity contribution in [2.75, 3.05) is 10.5 Å². The van der Waals surface area contributed by atoms with E-state index in [9.17, 15) is 8.42 Å². The van der Waals surface area contributed by atoms with Crippen LogP contribution in [0.5, 0.6) is 0 Å². The third-order valence-corrected chi connectivity index (χ3v) is 4.28. The van der Waals surface area contributed by atoms with Crippen molar-refractivity contribution in [3.8, 4) is 0 Å². The van der Waals surface area contributed by atoms with E-state index in [1.165, 1.54) is 12.8 Å². The maximum absolute atomic E-state index is 11.9. The van der Waals surface area contributed by atoms with Crippen LogP contribution in [0, 0.1) is 6.92 Å². The maximum atomic E-state index is 11.9. The van der Waals surface area contributed by atoms with E-state index in [1.807, 2.05) is 25.1 Å². The molecule has 1 aromatic rings. The van der Waals surface area contributed by atoms with Crippen molar-refractivity contribution >= 4 is 15.7 Å². The predicted molar refractivity (Wildman–Crippen MR) is 77.3 cm³/mol. The smallest absolute Gasteiger partial charge is 0.232 e. The van der Waals surface area contributed by atoms with Gasteiger partial charge in [0.05, 0.1) is 11.4 Å². The first-order valence-corrected chi connectivity index (χ1v) is 8.26. The van der Waals surface area contributed by atoms with E-state index in [-0.39, 0.29) is 5.75 Å². The van der Waals surface area contributed by atoms with E-state index in [4.69, 9.17) is 0 Å². The van der Waals surface area contributed by atoms with E-state index in [0.29, 0.717) is 5.69 Å². The minimum absolute atomic E-state index is 0.213. The van der Waals surface area contributed by atoms with Crippen molar-refractivity contribution in [3.05, 3.63) is 29.8 Å². The van der Waals surface area contributed by atoms with Crippen molar-refractivity contribution in [2.24, 2.45) is 0 Å². The Labute approximate surface area is 111 Å². The van der Waals surface area contributed by atoms with Crippen LogP contribution < -0.4 is 4.72 Å². The molecule has 1 aromatic carbocycles. The van der Waals surface area contributed by atoms with Gasteiger partial charge < -0.3 is 0 Å². The van der Waals surface area contributed by atoms with Gasteiger partial charge in [0.1, 0.15) is 0 Å². The standard InChI is InChI=1S/C14H23NO2S/c1-3-4-5-6-9-12-18(16,17)15-14-11-8-7-10-13(14)2/h7-8,10-11,15H,3-6,9,12H2,1-2H3. The first-order valence-electron chi connectivity index (χ1n) is 6.61. The largest absolute Gasteiger partial charge is 0.283 e. The molecule has 0 unspecified atom stereocenters. The van der Waals surface area contributed by atoms with Gasteiger partial charge in [0.25, 0.3) is 0 Å². The minimum atomic E-state index is -3.19. The summed E-state index contributed by atoms with van der Waals surface area (Å²) in [5.41, 5.74) is 1.64. The molecule has 0 saturated carbocycles. The van der Waals surface area contributed by atoms with Crippen LogP contribution in [0.3, 0.4) is 0 Å². The molecule has 4 heteroatoms. The first-order chi connectivity index (χ1) is 8.55. The third kappa shape index (κ3) is 5.54. The lowest BCUT2D eigenvalue weighted by molar-refractivity contribution is 0.591. The molecule has 3 nitrogen and oxygen atoms in total. The van der Waals surface area contributed by atoms with Gasteiger partial charge in [0.2, 0.25) is 10.0 Å². The monoisotopic (exact) mass is 269 g/mol.